The number of hydrogen-bond donors (Lipinski definition) is 1. The first kappa shape index (κ1) is 18.0. The van der Waals surface area contributed by atoms with Gasteiger partial charge in [0, 0.05) is 16.7 Å². The number of amides is 1. The Morgan fingerprint density at radius 3 is 2.39 bits per heavy atom. The number of aliphatic hydroxyl groups excluding tert-OH is 1. The number of anilines is 1. The summed E-state index contributed by atoms with van der Waals surface area (Å²) in [6, 6.07) is 16.1. The number of hydrogen-bond acceptors (Lipinski definition) is 5. The summed E-state index contributed by atoms with van der Waals surface area (Å²) in [6.07, 6.45) is 0. The van der Waals surface area contributed by atoms with E-state index in [2.05, 4.69) is 5.16 Å². The summed E-state index contributed by atoms with van der Waals surface area (Å²) in [6.45, 7) is 1.69. The van der Waals surface area contributed by atoms with Crippen molar-refractivity contribution in [3.8, 4) is 0 Å². The average molecular weight is 395 g/mol. The number of carbonyl (C=O) groups excluding carboxylic acids is 2. The highest BCUT2D eigenvalue weighted by atomic mass is 35.5. The number of aliphatic hydroxyl groups is 1. The molecule has 140 valence electrons. The molecule has 1 aliphatic heterocycles. The largest absolute Gasteiger partial charge is 0.507 e. The Bertz CT molecular complexity index is 1090. The molecular weight excluding hydrogens is 380 g/mol. The van der Waals surface area contributed by atoms with Gasteiger partial charge in [0.05, 0.1) is 11.6 Å². The van der Waals surface area contributed by atoms with Gasteiger partial charge in [0.2, 0.25) is 0 Å². The van der Waals surface area contributed by atoms with Crippen LogP contribution in [0.25, 0.3) is 5.76 Å². The van der Waals surface area contributed by atoms with E-state index in [9.17, 15) is 14.7 Å². The van der Waals surface area contributed by atoms with Crippen molar-refractivity contribution < 1.29 is 19.2 Å². The Balaban J connectivity index is 1.93. The zero-order valence-corrected chi connectivity index (χ0v) is 15.6. The number of Topliss-reactive ketones (excluding diaryl/α,β-unsaturated/α-hetero) is 1. The Hall–Kier alpha value is -3.38. The van der Waals surface area contributed by atoms with E-state index in [1.54, 1.807) is 61.5 Å². The molecule has 1 aromatic heterocycles. The molecule has 6 nitrogen and oxygen atoms in total. The number of halogens is 1. The third-order valence-corrected chi connectivity index (χ3v) is 4.79. The molecule has 3 aromatic rings. The fourth-order valence-corrected chi connectivity index (χ4v) is 3.38. The second-order valence-electron chi connectivity index (χ2n) is 6.38. The lowest BCUT2D eigenvalue weighted by molar-refractivity contribution is -0.132. The lowest BCUT2D eigenvalue weighted by Crippen LogP contribution is -2.29. The quantitative estimate of drug-likeness (QED) is 0.407. The van der Waals surface area contributed by atoms with Crippen LogP contribution in [-0.4, -0.2) is 22.0 Å². The molecule has 28 heavy (non-hydrogen) atoms. The second-order valence-corrected chi connectivity index (χ2v) is 6.82. The Kier molecular flexibility index (Phi) is 4.49. The number of aryl methyl sites for hydroxylation is 1. The van der Waals surface area contributed by atoms with Gasteiger partial charge in [-0.1, -0.05) is 47.1 Å². The van der Waals surface area contributed by atoms with E-state index < -0.39 is 17.7 Å². The summed E-state index contributed by atoms with van der Waals surface area (Å²) in [5.41, 5.74) is 1.04. The standard InChI is InChI=1S/C21H15ClN2O4/c1-12-11-16(23-28-12)24-18(13-5-3-2-4-6-13)17(20(26)21(24)27)19(25)14-7-9-15(22)10-8-14/h2-11,18,25H,1H3/t18-/m1/s1. The first-order valence-corrected chi connectivity index (χ1v) is 8.90. The van der Waals surface area contributed by atoms with Crippen LogP contribution in [0.5, 0.6) is 0 Å². The van der Waals surface area contributed by atoms with Gasteiger partial charge < -0.3 is 9.63 Å². The van der Waals surface area contributed by atoms with E-state index in [4.69, 9.17) is 16.1 Å². The SMILES string of the molecule is Cc1cc(N2C(=O)C(=O)C(=C(O)c3ccc(Cl)cc3)[C@H]2c2ccccc2)no1. The summed E-state index contributed by atoms with van der Waals surface area (Å²) in [7, 11) is 0. The van der Waals surface area contributed by atoms with Crippen LogP contribution in [-0.2, 0) is 9.59 Å². The van der Waals surface area contributed by atoms with Crippen molar-refractivity contribution in [1.29, 1.82) is 0 Å². The van der Waals surface area contributed by atoms with Crippen molar-refractivity contribution in [3.63, 3.8) is 0 Å². The molecule has 1 atom stereocenters. The molecule has 0 bridgehead atoms. The zero-order chi connectivity index (χ0) is 19.8. The number of carbonyl (C=O) groups is 2. The molecule has 4 rings (SSSR count). The van der Waals surface area contributed by atoms with Crippen molar-refractivity contribution >= 4 is 34.9 Å². The summed E-state index contributed by atoms with van der Waals surface area (Å²) >= 11 is 5.91. The molecule has 1 saturated heterocycles. The molecule has 0 spiro atoms. The lowest BCUT2D eigenvalue weighted by atomic mass is 9.95. The molecule has 1 amide bonds. The molecule has 2 heterocycles. The minimum atomic E-state index is -0.832. The highest BCUT2D eigenvalue weighted by Gasteiger charge is 2.48. The first-order chi connectivity index (χ1) is 13.5. The molecule has 0 saturated carbocycles. The van der Waals surface area contributed by atoms with Gasteiger partial charge in [-0.25, -0.2) is 0 Å². The third kappa shape index (κ3) is 2.97. The number of aromatic nitrogens is 1. The average Bonchev–Trinajstić information content (AvgIpc) is 3.24. The smallest absolute Gasteiger partial charge is 0.301 e. The van der Waals surface area contributed by atoms with Crippen molar-refractivity contribution in [2.24, 2.45) is 0 Å². The van der Waals surface area contributed by atoms with E-state index in [1.807, 2.05) is 6.07 Å². The Morgan fingerprint density at radius 1 is 1.11 bits per heavy atom. The normalized spacial score (nSPS) is 18.6. The fourth-order valence-electron chi connectivity index (χ4n) is 3.25. The predicted octanol–water partition coefficient (Wildman–Crippen LogP) is 4.26. The number of benzene rings is 2. The van der Waals surface area contributed by atoms with E-state index in [1.165, 1.54) is 4.90 Å². The monoisotopic (exact) mass is 394 g/mol. The maximum absolute atomic E-state index is 12.9. The second kappa shape index (κ2) is 6.98. The summed E-state index contributed by atoms with van der Waals surface area (Å²) in [5, 5.41) is 15.3. The number of ketones is 1. The van der Waals surface area contributed by atoms with Crippen LogP contribution in [0.2, 0.25) is 5.02 Å². The van der Waals surface area contributed by atoms with Gasteiger partial charge >= 0.3 is 5.91 Å². The predicted molar refractivity (Wildman–Crippen MR) is 104 cm³/mol. The summed E-state index contributed by atoms with van der Waals surface area (Å²) < 4.78 is 5.09. The number of nitrogens with zero attached hydrogens (tertiary/aromatic N) is 2. The van der Waals surface area contributed by atoms with Crippen LogP contribution < -0.4 is 4.90 Å². The van der Waals surface area contributed by atoms with Crippen LogP contribution in [0.4, 0.5) is 5.82 Å². The van der Waals surface area contributed by atoms with Crippen LogP contribution in [0.15, 0.2) is 70.8 Å². The highest BCUT2D eigenvalue weighted by Crippen LogP contribution is 2.41. The van der Waals surface area contributed by atoms with Crippen LogP contribution in [0.3, 0.4) is 0 Å². The van der Waals surface area contributed by atoms with Gasteiger partial charge in [-0.05, 0) is 36.8 Å². The minimum Gasteiger partial charge on any atom is -0.507 e. The molecule has 1 aliphatic rings. The summed E-state index contributed by atoms with van der Waals surface area (Å²) in [4.78, 5) is 26.9. The minimum absolute atomic E-state index is 0.0147. The van der Waals surface area contributed by atoms with Crippen LogP contribution >= 0.6 is 11.6 Å². The van der Waals surface area contributed by atoms with E-state index >= 15 is 0 Å². The van der Waals surface area contributed by atoms with E-state index in [0.29, 0.717) is 21.9 Å². The molecule has 1 fully saturated rings. The van der Waals surface area contributed by atoms with Gasteiger partial charge in [0.1, 0.15) is 11.5 Å². The lowest BCUT2D eigenvalue weighted by Gasteiger charge is -2.22. The molecule has 0 unspecified atom stereocenters. The van der Waals surface area contributed by atoms with Crippen LogP contribution in [0, 0.1) is 6.92 Å². The summed E-state index contributed by atoms with van der Waals surface area (Å²) in [5.74, 6) is -1.13. The van der Waals surface area contributed by atoms with Crippen molar-refractivity contribution in [2.75, 3.05) is 4.90 Å². The molecule has 0 aliphatic carbocycles. The molecule has 2 aromatic carbocycles. The van der Waals surface area contributed by atoms with E-state index in [0.717, 1.165) is 0 Å². The van der Waals surface area contributed by atoms with Gasteiger partial charge in [-0.3, -0.25) is 14.5 Å². The van der Waals surface area contributed by atoms with E-state index in [-0.39, 0.29) is 17.2 Å². The van der Waals surface area contributed by atoms with Crippen molar-refractivity contribution in [2.45, 2.75) is 13.0 Å². The Morgan fingerprint density at radius 2 is 1.79 bits per heavy atom. The van der Waals surface area contributed by atoms with Crippen molar-refractivity contribution in [1.82, 2.24) is 5.16 Å². The van der Waals surface area contributed by atoms with Crippen LogP contribution in [0.1, 0.15) is 22.9 Å². The molecule has 1 N–H and O–H groups in total. The third-order valence-electron chi connectivity index (χ3n) is 4.54. The number of rotatable bonds is 3. The molecular formula is C21H15ClN2O4. The first-order valence-electron chi connectivity index (χ1n) is 8.52. The fraction of sp³-hybridized carbons (Fsp3) is 0.0952. The topological polar surface area (TPSA) is 83.6 Å². The maximum Gasteiger partial charge on any atom is 0.301 e. The van der Waals surface area contributed by atoms with Crippen molar-refractivity contribution in [3.05, 3.63) is 88.1 Å². The molecule has 7 heteroatoms. The highest BCUT2D eigenvalue weighted by molar-refractivity contribution is 6.51. The van der Waals surface area contributed by atoms with Gasteiger partial charge in [-0.2, -0.15) is 0 Å². The van der Waals surface area contributed by atoms with Gasteiger partial charge in [0.15, 0.2) is 5.82 Å². The Labute approximate surface area is 165 Å². The van der Waals surface area contributed by atoms with Gasteiger partial charge in [0.25, 0.3) is 5.78 Å². The molecule has 0 radical (unpaired) electrons. The van der Waals surface area contributed by atoms with Gasteiger partial charge in [-0.15, -0.1) is 0 Å². The maximum atomic E-state index is 12.9. The zero-order valence-electron chi connectivity index (χ0n) is 14.8.